The highest BCUT2D eigenvalue weighted by atomic mass is 16.3. The van der Waals surface area contributed by atoms with Gasteiger partial charge in [-0.1, -0.05) is 66.7 Å². The molecule has 1 nitrogen and oxygen atoms in total. The van der Waals surface area contributed by atoms with Crippen molar-refractivity contribution < 1.29 is 5.11 Å². The van der Waals surface area contributed by atoms with E-state index in [-0.39, 0.29) is 0 Å². The van der Waals surface area contributed by atoms with Gasteiger partial charge in [-0.25, -0.2) is 0 Å². The first-order chi connectivity index (χ1) is 8.01. The predicted molar refractivity (Wildman–Crippen MR) is 77.1 cm³/mol. The molecule has 0 spiro atoms. The fraction of sp³-hybridized carbons (Fsp3) is 1.00. The van der Waals surface area contributed by atoms with Gasteiger partial charge in [0.15, 0.2) is 0 Å². The third-order valence-electron chi connectivity index (χ3n) is 4.52. The average molecular weight is 242 g/mol. The van der Waals surface area contributed by atoms with Gasteiger partial charge in [0.05, 0.1) is 0 Å². The van der Waals surface area contributed by atoms with Crippen LogP contribution < -0.4 is 0 Å². The van der Waals surface area contributed by atoms with Gasteiger partial charge in [0, 0.05) is 6.61 Å². The fourth-order valence-electron chi connectivity index (χ4n) is 2.23. The van der Waals surface area contributed by atoms with Crippen LogP contribution in [0.2, 0.25) is 0 Å². The van der Waals surface area contributed by atoms with Crippen molar-refractivity contribution in [2.75, 3.05) is 6.61 Å². The van der Waals surface area contributed by atoms with Gasteiger partial charge in [-0.3, -0.25) is 0 Å². The van der Waals surface area contributed by atoms with Gasteiger partial charge < -0.3 is 5.11 Å². The summed E-state index contributed by atoms with van der Waals surface area (Å²) in [5.41, 5.74) is 0. The van der Waals surface area contributed by atoms with Crippen molar-refractivity contribution in [2.45, 2.75) is 73.1 Å². The van der Waals surface area contributed by atoms with E-state index in [2.05, 4.69) is 34.6 Å². The molecule has 0 aliphatic heterocycles. The molecule has 1 N–H and O–H groups in total. The lowest BCUT2D eigenvalue weighted by molar-refractivity contribution is 0.243. The van der Waals surface area contributed by atoms with Crippen LogP contribution in [0.3, 0.4) is 0 Å². The second-order valence-corrected chi connectivity index (χ2v) is 6.24. The Hall–Kier alpha value is -0.0400. The molecule has 0 heterocycles. The maximum atomic E-state index is 8.88. The number of hydrogen-bond acceptors (Lipinski definition) is 1. The lowest BCUT2D eigenvalue weighted by Gasteiger charge is -2.22. The van der Waals surface area contributed by atoms with Crippen LogP contribution in [0.5, 0.6) is 0 Å². The first-order valence-corrected chi connectivity index (χ1v) is 7.62. The fourth-order valence-corrected chi connectivity index (χ4v) is 2.23. The minimum atomic E-state index is 0.346. The van der Waals surface area contributed by atoms with E-state index in [1.807, 2.05) is 0 Å². The molecule has 0 aliphatic rings. The van der Waals surface area contributed by atoms with E-state index >= 15 is 0 Å². The molecular formula is C16H34O. The van der Waals surface area contributed by atoms with Crippen molar-refractivity contribution in [3.63, 3.8) is 0 Å². The van der Waals surface area contributed by atoms with Crippen molar-refractivity contribution in [1.29, 1.82) is 0 Å². The van der Waals surface area contributed by atoms with E-state index in [0.717, 1.165) is 24.2 Å². The normalized spacial score (nSPS) is 18.7. The summed E-state index contributed by atoms with van der Waals surface area (Å²) in [6.45, 7) is 12.1. The zero-order chi connectivity index (χ0) is 13.3. The number of hydrogen-bond donors (Lipinski definition) is 1. The highest BCUT2D eigenvalue weighted by molar-refractivity contribution is 4.66. The van der Waals surface area contributed by atoms with Crippen molar-refractivity contribution in [3.05, 3.63) is 0 Å². The van der Waals surface area contributed by atoms with Crippen LogP contribution in [-0.2, 0) is 0 Å². The van der Waals surface area contributed by atoms with E-state index in [1.54, 1.807) is 0 Å². The van der Waals surface area contributed by atoms with Crippen LogP contribution >= 0.6 is 0 Å². The molecule has 0 rings (SSSR count). The van der Waals surface area contributed by atoms with Crippen LogP contribution in [-0.4, -0.2) is 11.7 Å². The Bertz CT molecular complexity index is 167. The molecule has 0 saturated heterocycles. The van der Waals surface area contributed by atoms with Gasteiger partial charge >= 0.3 is 0 Å². The minimum Gasteiger partial charge on any atom is -0.396 e. The molecule has 17 heavy (non-hydrogen) atoms. The molecule has 4 atom stereocenters. The molecule has 0 aromatic carbocycles. The van der Waals surface area contributed by atoms with Crippen LogP contribution in [0.4, 0.5) is 0 Å². The molecule has 0 amide bonds. The summed E-state index contributed by atoms with van der Waals surface area (Å²) < 4.78 is 0. The van der Waals surface area contributed by atoms with Gasteiger partial charge in [-0.2, -0.15) is 0 Å². The maximum absolute atomic E-state index is 8.88. The molecule has 0 radical (unpaired) electrons. The summed E-state index contributed by atoms with van der Waals surface area (Å²) in [7, 11) is 0. The summed E-state index contributed by atoms with van der Waals surface area (Å²) in [5, 5.41) is 8.88. The monoisotopic (exact) mass is 242 g/mol. The Morgan fingerprint density at radius 3 is 1.59 bits per heavy atom. The predicted octanol–water partition coefficient (Wildman–Crippen LogP) is 4.88. The standard InChI is InChI=1S/C16H34O/c1-6-13(2)7-9-15(4)16(5)10-8-14(3)11-12-17/h13-17H,6-12H2,1-5H3. The first-order valence-electron chi connectivity index (χ1n) is 7.62. The smallest absolute Gasteiger partial charge is 0.0433 e. The topological polar surface area (TPSA) is 20.2 Å². The highest BCUT2D eigenvalue weighted by Gasteiger charge is 2.14. The highest BCUT2D eigenvalue weighted by Crippen LogP contribution is 2.26. The van der Waals surface area contributed by atoms with Gasteiger partial charge in [-0.05, 0) is 30.1 Å². The van der Waals surface area contributed by atoms with Crippen LogP contribution in [0.15, 0.2) is 0 Å². The number of aliphatic hydroxyl groups excluding tert-OH is 1. The first kappa shape index (κ1) is 17.0. The van der Waals surface area contributed by atoms with Gasteiger partial charge in [-0.15, -0.1) is 0 Å². The maximum Gasteiger partial charge on any atom is 0.0433 e. The Labute approximate surface area is 109 Å². The second-order valence-electron chi connectivity index (χ2n) is 6.24. The van der Waals surface area contributed by atoms with Crippen molar-refractivity contribution in [2.24, 2.45) is 23.7 Å². The Kier molecular flexibility index (Phi) is 9.91. The van der Waals surface area contributed by atoms with E-state index < -0.39 is 0 Å². The van der Waals surface area contributed by atoms with Gasteiger partial charge in [0.2, 0.25) is 0 Å². The molecular weight excluding hydrogens is 208 g/mol. The molecule has 0 aliphatic carbocycles. The second kappa shape index (κ2) is 9.94. The van der Waals surface area contributed by atoms with Gasteiger partial charge in [0.1, 0.15) is 0 Å². The third kappa shape index (κ3) is 8.65. The van der Waals surface area contributed by atoms with Crippen LogP contribution in [0.1, 0.15) is 73.1 Å². The summed E-state index contributed by atoms with van der Waals surface area (Å²) >= 11 is 0. The number of rotatable bonds is 10. The lowest BCUT2D eigenvalue weighted by atomic mass is 9.84. The SMILES string of the molecule is CCC(C)CCC(C)C(C)CCC(C)CCO. The van der Waals surface area contributed by atoms with Gasteiger partial charge in [0.25, 0.3) is 0 Å². The zero-order valence-electron chi connectivity index (χ0n) is 12.7. The molecule has 0 aromatic rings. The van der Waals surface area contributed by atoms with E-state index in [9.17, 15) is 0 Å². The molecule has 0 bridgehead atoms. The zero-order valence-corrected chi connectivity index (χ0v) is 12.7. The third-order valence-corrected chi connectivity index (χ3v) is 4.52. The minimum absolute atomic E-state index is 0.346. The van der Waals surface area contributed by atoms with E-state index in [4.69, 9.17) is 5.11 Å². The van der Waals surface area contributed by atoms with Crippen molar-refractivity contribution in [3.8, 4) is 0 Å². The molecule has 0 aromatic heterocycles. The number of aliphatic hydroxyl groups is 1. The molecule has 0 fully saturated rings. The van der Waals surface area contributed by atoms with Crippen molar-refractivity contribution >= 4 is 0 Å². The lowest BCUT2D eigenvalue weighted by Crippen LogP contribution is -2.11. The molecule has 0 saturated carbocycles. The van der Waals surface area contributed by atoms with E-state index in [1.165, 1.54) is 32.1 Å². The summed E-state index contributed by atoms with van der Waals surface area (Å²) in [4.78, 5) is 0. The Morgan fingerprint density at radius 1 is 0.706 bits per heavy atom. The van der Waals surface area contributed by atoms with E-state index in [0.29, 0.717) is 12.5 Å². The molecule has 4 unspecified atom stereocenters. The quantitative estimate of drug-likeness (QED) is 0.578. The van der Waals surface area contributed by atoms with Crippen molar-refractivity contribution in [1.82, 2.24) is 0 Å². The summed E-state index contributed by atoms with van der Waals surface area (Å²) in [6, 6.07) is 0. The Balaban J connectivity index is 3.69. The summed E-state index contributed by atoms with van der Waals surface area (Å²) in [6.07, 6.45) is 7.64. The molecule has 1 heteroatoms. The average Bonchev–Trinajstić information content (AvgIpc) is 2.32. The Morgan fingerprint density at radius 2 is 1.18 bits per heavy atom. The molecule has 104 valence electrons. The largest absolute Gasteiger partial charge is 0.396 e. The van der Waals surface area contributed by atoms with Crippen LogP contribution in [0, 0.1) is 23.7 Å². The summed E-state index contributed by atoms with van der Waals surface area (Å²) in [5.74, 6) is 3.26. The van der Waals surface area contributed by atoms with Crippen LogP contribution in [0.25, 0.3) is 0 Å².